The fourth-order valence-corrected chi connectivity index (χ4v) is 2.67. The van der Waals surface area contributed by atoms with Crippen molar-refractivity contribution in [3.05, 3.63) is 71.8 Å². The topological polar surface area (TPSA) is 37.4 Å². The predicted molar refractivity (Wildman–Crippen MR) is 98.4 cm³/mol. The lowest BCUT2D eigenvalue weighted by molar-refractivity contribution is 0.602. The molecule has 0 amide bonds. The number of hydrogen-bond donors (Lipinski definition) is 0. The Hall–Kier alpha value is -2.33. The number of hydrogen-bond acceptors (Lipinski definition) is 3. The minimum Gasteiger partial charge on any atom is -0.378 e. The summed E-state index contributed by atoms with van der Waals surface area (Å²) in [6.45, 7) is 0. The van der Waals surface area contributed by atoms with Crippen LogP contribution >= 0.6 is 0 Å². The van der Waals surface area contributed by atoms with Gasteiger partial charge >= 0.3 is 0 Å². The van der Waals surface area contributed by atoms with E-state index in [1.54, 1.807) is 24.3 Å². The molecule has 0 saturated carbocycles. The quantitative estimate of drug-likeness (QED) is 0.782. The second kappa shape index (κ2) is 7.29. The average Bonchev–Trinajstić information content (AvgIpc) is 2.51. The summed E-state index contributed by atoms with van der Waals surface area (Å²) in [4.78, 5) is 2.40. The average molecular weight is 327 g/mol. The normalized spacial score (nSPS) is 12.1. The van der Waals surface area contributed by atoms with Crippen molar-refractivity contribution in [3.8, 4) is 0 Å². The van der Waals surface area contributed by atoms with E-state index < -0.39 is 9.84 Å². The molecule has 3 nitrogen and oxygen atoms in total. The highest BCUT2D eigenvalue weighted by molar-refractivity contribution is 7.90. The molecule has 0 heterocycles. The fourth-order valence-electron chi connectivity index (χ4n) is 2.04. The van der Waals surface area contributed by atoms with Crippen molar-refractivity contribution in [2.75, 3.05) is 25.3 Å². The molecule has 0 aliphatic rings. The molecule has 2 rings (SSSR count). The van der Waals surface area contributed by atoms with Gasteiger partial charge in [-0.3, -0.25) is 0 Å². The van der Waals surface area contributed by atoms with Crippen LogP contribution in [0.3, 0.4) is 0 Å². The van der Waals surface area contributed by atoms with Crippen molar-refractivity contribution in [3.63, 3.8) is 0 Å². The zero-order valence-electron chi connectivity index (χ0n) is 13.6. The van der Waals surface area contributed by atoms with E-state index in [-0.39, 0.29) is 0 Å². The van der Waals surface area contributed by atoms with Gasteiger partial charge in [0.15, 0.2) is 9.84 Å². The third kappa shape index (κ3) is 5.11. The number of anilines is 1. The summed E-state index contributed by atoms with van der Waals surface area (Å²) in [6, 6.07) is 15.1. The molecule has 0 bridgehead atoms. The van der Waals surface area contributed by atoms with E-state index in [4.69, 9.17) is 0 Å². The largest absolute Gasteiger partial charge is 0.378 e. The van der Waals surface area contributed by atoms with Crippen LogP contribution in [0.5, 0.6) is 0 Å². The molecule has 0 atom stereocenters. The Labute approximate surface area is 138 Å². The van der Waals surface area contributed by atoms with Gasteiger partial charge in [0.2, 0.25) is 0 Å². The molecule has 2 aromatic carbocycles. The number of benzene rings is 2. The Bertz CT molecular complexity index is 799. The molecular formula is C19H21NO2S. The second-order valence-corrected chi connectivity index (χ2v) is 7.56. The van der Waals surface area contributed by atoms with Crippen LogP contribution in [0, 0.1) is 0 Å². The van der Waals surface area contributed by atoms with Gasteiger partial charge in [-0.15, -0.1) is 0 Å². The highest BCUT2D eigenvalue weighted by Gasteiger charge is 2.04. The summed E-state index contributed by atoms with van der Waals surface area (Å²) in [6.07, 6.45) is 9.09. The van der Waals surface area contributed by atoms with Crippen LogP contribution in [0.4, 0.5) is 5.69 Å². The Morgan fingerprint density at radius 3 is 1.61 bits per heavy atom. The zero-order chi connectivity index (χ0) is 16.9. The minimum atomic E-state index is -3.13. The predicted octanol–water partition coefficient (Wildman–Crippen LogP) is 3.88. The van der Waals surface area contributed by atoms with Gasteiger partial charge in [-0.1, -0.05) is 48.6 Å². The smallest absolute Gasteiger partial charge is 0.175 e. The first-order chi connectivity index (χ1) is 10.9. The van der Waals surface area contributed by atoms with Gasteiger partial charge < -0.3 is 4.90 Å². The van der Waals surface area contributed by atoms with Crippen LogP contribution in [0.2, 0.25) is 0 Å². The number of nitrogens with zero attached hydrogens (tertiary/aromatic N) is 1. The van der Waals surface area contributed by atoms with Gasteiger partial charge in [-0.25, -0.2) is 8.42 Å². The highest BCUT2D eigenvalue weighted by Crippen LogP contribution is 2.14. The van der Waals surface area contributed by atoms with Gasteiger partial charge in [-0.2, -0.15) is 0 Å². The molecule has 2 aromatic rings. The maximum atomic E-state index is 11.4. The Kier molecular flexibility index (Phi) is 5.40. The molecule has 0 unspecified atom stereocenters. The zero-order valence-corrected chi connectivity index (χ0v) is 14.4. The number of allylic oxidation sites excluding steroid dienone is 2. The number of sulfone groups is 1. The van der Waals surface area contributed by atoms with Crippen molar-refractivity contribution >= 4 is 27.7 Å². The van der Waals surface area contributed by atoms with E-state index in [1.165, 1.54) is 11.9 Å². The van der Waals surface area contributed by atoms with Gasteiger partial charge in [0, 0.05) is 26.0 Å². The van der Waals surface area contributed by atoms with Gasteiger partial charge in [0.1, 0.15) is 0 Å². The standard InChI is InChI=1S/C19H21NO2S/c1-20(2)18-12-8-16(9-13-18)6-4-5-7-17-10-14-19(15-11-17)23(3,21)22/h4-15H,1-3H3/b6-4+,7-5+. The Morgan fingerprint density at radius 2 is 1.22 bits per heavy atom. The Morgan fingerprint density at radius 1 is 0.783 bits per heavy atom. The monoisotopic (exact) mass is 327 g/mol. The first-order valence-electron chi connectivity index (χ1n) is 7.28. The fraction of sp³-hybridized carbons (Fsp3) is 0.158. The van der Waals surface area contributed by atoms with E-state index in [0.717, 1.165) is 11.1 Å². The third-order valence-electron chi connectivity index (χ3n) is 3.41. The third-order valence-corrected chi connectivity index (χ3v) is 4.53. The van der Waals surface area contributed by atoms with Crippen LogP contribution in [-0.4, -0.2) is 28.8 Å². The van der Waals surface area contributed by atoms with Crippen LogP contribution in [0.25, 0.3) is 12.2 Å². The van der Waals surface area contributed by atoms with Crippen molar-refractivity contribution in [2.24, 2.45) is 0 Å². The van der Waals surface area contributed by atoms with Crippen molar-refractivity contribution in [1.82, 2.24) is 0 Å². The van der Waals surface area contributed by atoms with E-state index in [2.05, 4.69) is 29.2 Å². The van der Waals surface area contributed by atoms with E-state index in [9.17, 15) is 8.42 Å². The molecule has 0 fully saturated rings. The first kappa shape index (κ1) is 17.0. The van der Waals surface area contributed by atoms with E-state index in [0.29, 0.717) is 4.90 Å². The summed E-state index contributed by atoms with van der Waals surface area (Å²) >= 11 is 0. The number of rotatable bonds is 5. The molecular weight excluding hydrogens is 306 g/mol. The molecule has 0 saturated heterocycles. The Balaban J connectivity index is 2.00. The lowest BCUT2D eigenvalue weighted by Crippen LogP contribution is -2.07. The molecule has 0 radical (unpaired) electrons. The summed E-state index contributed by atoms with van der Waals surface area (Å²) in [5.74, 6) is 0. The molecule has 0 aliphatic heterocycles. The van der Waals surface area contributed by atoms with Crippen LogP contribution < -0.4 is 4.90 Å². The maximum Gasteiger partial charge on any atom is 0.175 e. The summed E-state index contributed by atoms with van der Waals surface area (Å²) in [5.41, 5.74) is 3.27. The van der Waals surface area contributed by atoms with Crippen molar-refractivity contribution in [1.29, 1.82) is 0 Å². The molecule has 0 N–H and O–H groups in total. The molecule has 0 spiro atoms. The molecule has 23 heavy (non-hydrogen) atoms. The second-order valence-electron chi connectivity index (χ2n) is 5.55. The maximum absolute atomic E-state index is 11.4. The lowest BCUT2D eigenvalue weighted by Gasteiger charge is -2.11. The molecule has 4 heteroatoms. The summed E-state index contributed by atoms with van der Waals surface area (Å²) in [7, 11) is 0.901. The molecule has 0 aliphatic carbocycles. The minimum absolute atomic E-state index is 0.339. The van der Waals surface area contributed by atoms with E-state index in [1.807, 2.05) is 38.4 Å². The van der Waals surface area contributed by atoms with Crippen LogP contribution in [0.1, 0.15) is 11.1 Å². The van der Waals surface area contributed by atoms with Crippen LogP contribution in [0.15, 0.2) is 65.6 Å². The molecule has 0 aromatic heterocycles. The molecule has 120 valence electrons. The van der Waals surface area contributed by atoms with E-state index >= 15 is 0 Å². The first-order valence-corrected chi connectivity index (χ1v) is 9.18. The summed E-state index contributed by atoms with van der Waals surface area (Å²) in [5, 5.41) is 0. The highest BCUT2D eigenvalue weighted by atomic mass is 32.2. The SMILES string of the molecule is CN(C)c1ccc(/C=C/C=C/c2ccc(S(C)(=O)=O)cc2)cc1. The van der Waals surface area contributed by atoms with Gasteiger partial charge in [0.05, 0.1) is 4.90 Å². The van der Waals surface area contributed by atoms with Gasteiger partial charge in [-0.05, 0) is 35.4 Å². The lowest BCUT2D eigenvalue weighted by atomic mass is 10.1. The van der Waals surface area contributed by atoms with Gasteiger partial charge in [0.25, 0.3) is 0 Å². The van der Waals surface area contributed by atoms with Crippen molar-refractivity contribution in [2.45, 2.75) is 4.90 Å². The van der Waals surface area contributed by atoms with Crippen molar-refractivity contribution < 1.29 is 8.42 Å². The summed E-state index contributed by atoms with van der Waals surface area (Å²) < 4.78 is 22.8. The van der Waals surface area contributed by atoms with Crippen LogP contribution in [-0.2, 0) is 9.84 Å².